The van der Waals surface area contributed by atoms with Crippen LogP contribution in [-0.2, 0) is 19.7 Å². The largest absolute Gasteiger partial charge is 0.371 e. The van der Waals surface area contributed by atoms with Crippen LogP contribution in [0.3, 0.4) is 0 Å². The van der Waals surface area contributed by atoms with Crippen LogP contribution in [-0.4, -0.2) is 24.2 Å². The zero-order valence-corrected chi connectivity index (χ0v) is 15.7. The van der Waals surface area contributed by atoms with Crippen LogP contribution in [0.2, 0.25) is 0 Å². The van der Waals surface area contributed by atoms with Crippen molar-refractivity contribution in [1.29, 1.82) is 0 Å². The third kappa shape index (κ3) is 2.23. The van der Waals surface area contributed by atoms with Crippen molar-refractivity contribution in [2.45, 2.75) is 5.60 Å². The SMILES string of the molecule is Cn1c(C(O)(c2ccccc2)c2nc3ccccc3n2C)nc2ccccc21. The fraction of sp³-hybridized carbons (Fsp3) is 0.130. The van der Waals surface area contributed by atoms with E-state index in [-0.39, 0.29) is 0 Å². The van der Waals surface area contributed by atoms with Gasteiger partial charge in [0.1, 0.15) is 0 Å². The lowest BCUT2D eigenvalue weighted by Crippen LogP contribution is -2.35. The molecular formula is C23H20N4O. The molecule has 0 aliphatic rings. The molecule has 0 fully saturated rings. The minimum atomic E-state index is -1.50. The third-order valence-electron chi connectivity index (χ3n) is 5.41. The molecule has 0 amide bonds. The Morgan fingerprint density at radius 1 is 0.643 bits per heavy atom. The van der Waals surface area contributed by atoms with E-state index in [0.29, 0.717) is 11.6 Å². The number of fused-ring (bicyclic) bond motifs is 2. The number of rotatable bonds is 3. The van der Waals surface area contributed by atoms with Crippen molar-refractivity contribution in [2.75, 3.05) is 0 Å². The van der Waals surface area contributed by atoms with Gasteiger partial charge in [-0.2, -0.15) is 0 Å². The molecule has 1 N–H and O–H groups in total. The monoisotopic (exact) mass is 368 g/mol. The maximum atomic E-state index is 12.2. The van der Waals surface area contributed by atoms with Gasteiger partial charge in [0.15, 0.2) is 11.6 Å². The van der Waals surface area contributed by atoms with E-state index < -0.39 is 5.60 Å². The van der Waals surface area contributed by atoms with Crippen molar-refractivity contribution in [2.24, 2.45) is 14.1 Å². The van der Waals surface area contributed by atoms with Crippen LogP contribution < -0.4 is 0 Å². The number of aliphatic hydroxyl groups is 1. The summed E-state index contributed by atoms with van der Waals surface area (Å²) in [5.41, 5.74) is 2.84. The summed E-state index contributed by atoms with van der Waals surface area (Å²) in [7, 11) is 3.86. The molecule has 3 aromatic carbocycles. The van der Waals surface area contributed by atoms with Crippen LogP contribution in [0.4, 0.5) is 0 Å². The van der Waals surface area contributed by atoms with Gasteiger partial charge in [0, 0.05) is 14.1 Å². The number of nitrogens with zero attached hydrogens (tertiary/aromatic N) is 4. The lowest BCUT2D eigenvalue weighted by molar-refractivity contribution is 0.100. The Balaban J connectivity index is 1.88. The Hall–Kier alpha value is -3.44. The summed E-state index contributed by atoms with van der Waals surface area (Å²) >= 11 is 0. The highest BCUT2D eigenvalue weighted by molar-refractivity contribution is 5.78. The van der Waals surface area contributed by atoms with E-state index >= 15 is 0 Å². The highest BCUT2D eigenvalue weighted by Crippen LogP contribution is 2.37. The zero-order valence-electron chi connectivity index (χ0n) is 15.7. The Bertz CT molecular complexity index is 1220. The van der Waals surface area contributed by atoms with Gasteiger partial charge in [-0.15, -0.1) is 0 Å². The second-order valence-electron chi connectivity index (χ2n) is 7.04. The van der Waals surface area contributed by atoms with Crippen molar-refractivity contribution in [1.82, 2.24) is 19.1 Å². The van der Waals surface area contributed by atoms with Crippen LogP contribution in [0.15, 0.2) is 78.9 Å². The molecule has 5 aromatic rings. The minimum Gasteiger partial charge on any atom is -0.371 e. The van der Waals surface area contributed by atoms with Gasteiger partial charge in [-0.25, -0.2) is 9.97 Å². The summed E-state index contributed by atoms with van der Waals surface area (Å²) in [6.07, 6.45) is 0. The van der Waals surface area contributed by atoms with Gasteiger partial charge in [0.05, 0.1) is 22.1 Å². The molecule has 28 heavy (non-hydrogen) atoms. The standard InChI is InChI=1S/C23H20N4O/c1-26-19-14-8-6-12-17(19)24-21(26)23(28,16-10-4-3-5-11-16)22-25-18-13-7-9-15-20(18)27(22)2/h3-15,28H,1-2H3. The fourth-order valence-corrected chi connectivity index (χ4v) is 3.98. The Labute approximate surface area is 162 Å². The number of imidazole rings is 2. The molecular weight excluding hydrogens is 348 g/mol. The summed E-state index contributed by atoms with van der Waals surface area (Å²) in [6.45, 7) is 0. The molecule has 2 aromatic heterocycles. The second kappa shape index (κ2) is 6.04. The van der Waals surface area contributed by atoms with Gasteiger partial charge in [0.2, 0.25) is 5.60 Å². The minimum absolute atomic E-state index is 0.540. The van der Waals surface area contributed by atoms with E-state index in [9.17, 15) is 5.11 Å². The van der Waals surface area contributed by atoms with E-state index in [2.05, 4.69) is 0 Å². The van der Waals surface area contributed by atoms with Gasteiger partial charge in [-0.3, -0.25) is 0 Å². The second-order valence-corrected chi connectivity index (χ2v) is 7.04. The van der Waals surface area contributed by atoms with Gasteiger partial charge in [-0.1, -0.05) is 54.6 Å². The Morgan fingerprint density at radius 2 is 1.07 bits per heavy atom. The lowest BCUT2D eigenvalue weighted by atomic mass is 9.91. The van der Waals surface area contributed by atoms with E-state index in [1.807, 2.05) is 102 Å². The van der Waals surface area contributed by atoms with Crippen molar-refractivity contribution in [3.63, 3.8) is 0 Å². The van der Waals surface area contributed by atoms with Gasteiger partial charge < -0.3 is 14.2 Å². The molecule has 0 bridgehead atoms. The highest BCUT2D eigenvalue weighted by atomic mass is 16.3. The molecule has 138 valence electrons. The number of hydrogen-bond donors (Lipinski definition) is 1. The first-order valence-electron chi connectivity index (χ1n) is 9.22. The van der Waals surface area contributed by atoms with Crippen molar-refractivity contribution in [3.8, 4) is 0 Å². The first-order valence-corrected chi connectivity index (χ1v) is 9.22. The molecule has 0 aliphatic carbocycles. The Morgan fingerprint density at radius 3 is 1.54 bits per heavy atom. The first-order chi connectivity index (χ1) is 13.6. The molecule has 5 heteroatoms. The summed E-state index contributed by atoms with van der Waals surface area (Å²) in [5, 5.41) is 12.2. The van der Waals surface area contributed by atoms with Crippen LogP contribution in [0.25, 0.3) is 22.1 Å². The van der Waals surface area contributed by atoms with Crippen LogP contribution in [0.1, 0.15) is 17.2 Å². The van der Waals surface area contributed by atoms with Gasteiger partial charge >= 0.3 is 0 Å². The van der Waals surface area contributed by atoms with E-state index in [1.165, 1.54) is 0 Å². The first kappa shape index (κ1) is 16.7. The normalized spacial score (nSPS) is 12.1. The molecule has 0 atom stereocenters. The molecule has 2 heterocycles. The fourth-order valence-electron chi connectivity index (χ4n) is 3.98. The average Bonchev–Trinajstić information content (AvgIpc) is 3.27. The zero-order chi connectivity index (χ0) is 19.3. The van der Waals surface area contributed by atoms with Crippen molar-refractivity contribution >= 4 is 22.1 Å². The quantitative estimate of drug-likeness (QED) is 0.528. The van der Waals surface area contributed by atoms with Crippen LogP contribution >= 0.6 is 0 Å². The topological polar surface area (TPSA) is 55.9 Å². The highest BCUT2D eigenvalue weighted by Gasteiger charge is 2.42. The summed E-state index contributed by atoms with van der Waals surface area (Å²) in [6, 6.07) is 25.4. The summed E-state index contributed by atoms with van der Waals surface area (Å²) < 4.78 is 3.89. The van der Waals surface area contributed by atoms with E-state index in [1.54, 1.807) is 0 Å². The molecule has 0 unspecified atom stereocenters. The smallest absolute Gasteiger partial charge is 0.206 e. The number of aryl methyl sites for hydroxylation is 2. The predicted octanol–water partition coefficient (Wildman–Crippen LogP) is 3.74. The molecule has 0 aliphatic heterocycles. The van der Waals surface area contributed by atoms with Crippen molar-refractivity contribution in [3.05, 3.63) is 96.1 Å². The van der Waals surface area contributed by atoms with E-state index in [4.69, 9.17) is 9.97 Å². The summed E-state index contributed by atoms with van der Waals surface area (Å²) in [4.78, 5) is 9.62. The number of para-hydroxylation sites is 4. The molecule has 0 saturated heterocycles. The summed E-state index contributed by atoms with van der Waals surface area (Å²) in [5.74, 6) is 1.08. The molecule has 5 nitrogen and oxygen atoms in total. The molecule has 0 saturated carbocycles. The lowest BCUT2D eigenvalue weighted by Gasteiger charge is -2.27. The van der Waals surface area contributed by atoms with Crippen LogP contribution in [0.5, 0.6) is 0 Å². The predicted molar refractivity (Wildman–Crippen MR) is 110 cm³/mol. The number of hydrogen-bond acceptors (Lipinski definition) is 3. The van der Waals surface area contributed by atoms with Gasteiger partial charge in [0.25, 0.3) is 0 Å². The number of aromatic nitrogens is 4. The van der Waals surface area contributed by atoms with Gasteiger partial charge in [-0.05, 0) is 29.8 Å². The Kier molecular flexibility index (Phi) is 3.60. The average molecular weight is 368 g/mol. The maximum Gasteiger partial charge on any atom is 0.206 e. The third-order valence-corrected chi connectivity index (χ3v) is 5.41. The molecule has 5 rings (SSSR count). The van der Waals surface area contributed by atoms with Crippen LogP contribution in [0, 0.1) is 0 Å². The molecule has 0 spiro atoms. The maximum absolute atomic E-state index is 12.2. The van der Waals surface area contributed by atoms with Crippen molar-refractivity contribution < 1.29 is 5.11 Å². The molecule has 0 radical (unpaired) electrons. The van der Waals surface area contributed by atoms with E-state index in [0.717, 1.165) is 27.6 Å². The number of benzene rings is 3.